The summed E-state index contributed by atoms with van der Waals surface area (Å²) in [7, 11) is 0. The van der Waals surface area contributed by atoms with E-state index in [1.807, 2.05) is 27.7 Å². The highest BCUT2D eigenvalue weighted by Crippen LogP contribution is 2.31. The van der Waals surface area contributed by atoms with Crippen molar-refractivity contribution in [2.24, 2.45) is 11.8 Å². The van der Waals surface area contributed by atoms with Gasteiger partial charge in [-0.2, -0.15) is 18.2 Å². The second kappa shape index (κ2) is 8.54. The van der Waals surface area contributed by atoms with Crippen molar-refractivity contribution in [1.82, 2.24) is 15.5 Å². The molecule has 0 saturated carbocycles. The molecular formula is C19H24F3N3O2. The van der Waals surface area contributed by atoms with Crippen LogP contribution in [0.1, 0.15) is 58.0 Å². The number of amides is 1. The van der Waals surface area contributed by atoms with Gasteiger partial charge in [-0.05, 0) is 24.0 Å². The minimum absolute atomic E-state index is 0.0574. The molecule has 0 bridgehead atoms. The van der Waals surface area contributed by atoms with Gasteiger partial charge < -0.3 is 9.84 Å². The topological polar surface area (TPSA) is 68.0 Å². The van der Waals surface area contributed by atoms with Crippen molar-refractivity contribution in [3.05, 3.63) is 35.7 Å². The van der Waals surface area contributed by atoms with Crippen molar-refractivity contribution in [1.29, 1.82) is 0 Å². The molecule has 1 N–H and O–H groups in total. The lowest BCUT2D eigenvalue weighted by Crippen LogP contribution is -2.33. The lowest BCUT2D eigenvalue weighted by atomic mass is 9.98. The van der Waals surface area contributed by atoms with E-state index in [0.29, 0.717) is 12.0 Å². The standard InChI is InChI=1S/C19H24F3N3O2/c1-5-12(4)16(23-15(26)10-11(2)3)18-24-17(25-27-18)13-6-8-14(9-7-13)19(20,21)22/h6-9,11-12,16H,5,10H2,1-4H3,(H,23,26). The van der Waals surface area contributed by atoms with E-state index in [2.05, 4.69) is 15.5 Å². The third kappa shape index (κ3) is 5.55. The van der Waals surface area contributed by atoms with Crippen molar-refractivity contribution < 1.29 is 22.5 Å². The van der Waals surface area contributed by atoms with Crippen molar-refractivity contribution in [3.63, 3.8) is 0 Å². The molecule has 0 aliphatic heterocycles. The summed E-state index contributed by atoms with van der Waals surface area (Å²) in [6.45, 7) is 7.85. The van der Waals surface area contributed by atoms with E-state index in [9.17, 15) is 18.0 Å². The second-order valence-corrected chi connectivity index (χ2v) is 7.06. The number of nitrogens with zero attached hydrogens (tertiary/aromatic N) is 2. The Morgan fingerprint density at radius 2 is 1.81 bits per heavy atom. The maximum atomic E-state index is 12.7. The summed E-state index contributed by atoms with van der Waals surface area (Å²) in [5.41, 5.74) is -0.331. The van der Waals surface area contributed by atoms with Crippen molar-refractivity contribution >= 4 is 5.91 Å². The Labute approximate surface area is 156 Å². The number of nitrogens with one attached hydrogen (secondary N) is 1. The highest BCUT2D eigenvalue weighted by Gasteiger charge is 2.30. The molecule has 0 aliphatic carbocycles. The quantitative estimate of drug-likeness (QED) is 0.730. The number of rotatable bonds is 7. The third-order valence-corrected chi connectivity index (χ3v) is 4.30. The normalized spacial score (nSPS) is 14.2. The van der Waals surface area contributed by atoms with Gasteiger partial charge in [-0.1, -0.05) is 51.4 Å². The van der Waals surface area contributed by atoms with E-state index in [-0.39, 0.29) is 29.5 Å². The number of aromatic nitrogens is 2. The third-order valence-electron chi connectivity index (χ3n) is 4.30. The second-order valence-electron chi connectivity index (χ2n) is 7.06. The zero-order valence-corrected chi connectivity index (χ0v) is 15.8. The first-order valence-electron chi connectivity index (χ1n) is 8.92. The molecule has 0 aliphatic rings. The molecule has 148 valence electrons. The number of halogens is 3. The van der Waals surface area contributed by atoms with Gasteiger partial charge in [0.05, 0.1) is 5.56 Å². The van der Waals surface area contributed by atoms with E-state index in [1.54, 1.807) is 0 Å². The van der Waals surface area contributed by atoms with Crippen molar-refractivity contribution in [2.75, 3.05) is 0 Å². The highest BCUT2D eigenvalue weighted by molar-refractivity contribution is 5.76. The highest BCUT2D eigenvalue weighted by atomic mass is 19.4. The summed E-state index contributed by atoms with van der Waals surface area (Å²) >= 11 is 0. The number of hydrogen-bond donors (Lipinski definition) is 1. The summed E-state index contributed by atoms with van der Waals surface area (Å²) in [6, 6.07) is 4.10. The SMILES string of the molecule is CCC(C)C(NC(=O)CC(C)C)c1nc(-c2ccc(C(F)(F)F)cc2)no1. The van der Waals surface area contributed by atoms with Crippen LogP contribution in [0.15, 0.2) is 28.8 Å². The van der Waals surface area contributed by atoms with Gasteiger partial charge in [0.25, 0.3) is 0 Å². The molecule has 1 aromatic carbocycles. The Morgan fingerprint density at radius 1 is 1.19 bits per heavy atom. The molecule has 27 heavy (non-hydrogen) atoms. The van der Waals surface area contributed by atoms with Crippen molar-refractivity contribution in [3.8, 4) is 11.4 Å². The molecular weight excluding hydrogens is 359 g/mol. The van der Waals surface area contributed by atoms with Gasteiger partial charge >= 0.3 is 6.18 Å². The zero-order valence-electron chi connectivity index (χ0n) is 15.8. The summed E-state index contributed by atoms with van der Waals surface area (Å²) in [5, 5.41) is 6.79. The van der Waals surface area contributed by atoms with E-state index in [4.69, 9.17) is 4.52 Å². The molecule has 0 spiro atoms. The fourth-order valence-corrected chi connectivity index (χ4v) is 2.57. The molecule has 0 fully saturated rings. The Bertz CT molecular complexity index is 754. The van der Waals surface area contributed by atoms with E-state index < -0.39 is 17.8 Å². The predicted octanol–water partition coefficient (Wildman–Crippen LogP) is 5.00. The maximum Gasteiger partial charge on any atom is 0.416 e. The van der Waals surface area contributed by atoms with Crippen LogP contribution in [0, 0.1) is 11.8 Å². The van der Waals surface area contributed by atoms with Crippen LogP contribution in [0.5, 0.6) is 0 Å². The van der Waals surface area contributed by atoms with Crippen LogP contribution in [-0.2, 0) is 11.0 Å². The van der Waals surface area contributed by atoms with Gasteiger partial charge in [-0.15, -0.1) is 0 Å². The number of carbonyl (C=O) groups excluding carboxylic acids is 1. The Kier molecular flexibility index (Phi) is 6.62. The van der Waals surface area contributed by atoms with Crippen molar-refractivity contribution in [2.45, 2.75) is 52.8 Å². The number of alkyl halides is 3. The molecule has 8 heteroatoms. The molecule has 1 amide bonds. The maximum absolute atomic E-state index is 12.7. The number of benzene rings is 1. The summed E-state index contributed by atoms with van der Waals surface area (Å²) in [5.74, 6) is 0.598. The fourth-order valence-electron chi connectivity index (χ4n) is 2.57. The van der Waals surface area contributed by atoms with Gasteiger partial charge in [0.15, 0.2) is 0 Å². The Hall–Kier alpha value is -2.38. The summed E-state index contributed by atoms with van der Waals surface area (Å²) in [6.07, 6.45) is -3.24. The van der Waals surface area contributed by atoms with Gasteiger partial charge in [-0.25, -0.2) is 0 Å². The molecule has 0 saturated heterocycles. The Balaban J connectivity index is 2.22. The first kappa shape index (κ1) is 20.9. The molecule has 2 atom stereocenters. The van der Waals surface area contributed by atoms with Crippen LogP contribution in [0.3, 0.4) is 0 Å². The monoisotopic (exact) mass is 383 g/mol. The van der Waals surface area contributed by atoms with Crippen LogP contribution in [0.2, 0.25) is 0 Å². The van der Waals surface area contributed by atoms with Crippen LogP contribution in [0.25, 0.3) is 11.4 Å². The van der Waals surface area contributed by atoms with Crippen LogP contribution >= 0.6 is 0 Å². The number of hydrogen-bond acceptors (Lipinski definition) is 4. The van der Waals surface area contributed by atoms with Crippen LogP contribution in [0.4, 0.5) is 13.2 Å². The van der Waals surface area contributed by atoms with Gasteiger partial charge in [-0.3, -0.25) is 4.79 Å². The zero-order chi connectivity index (χ0) is 20.2. The van der Waals surface area contributed by atoms with Gasteiger partial charge in [0.2, 0.25) is 17.6 Å². The Morgan fingerprint density at radius 3 is 2.33 bits per heavy atom. The predicted molar refractivity (Wildman–Crippen MR) is 94.5 cm³/mol. The van der Waals surface area contributed by atoms with Gasteiger partial charge in [0.1, 0.15) is 6.04 Å². The molecule has 2 aromatic rings. The van der Waals surface area contributed by atoms with Crippen LogP contribution in [-0.4, -0.2) is 16.0 Å². The lowest BCUT2D eigenvalue weighted by molar-refractivity contribution is -0.137. The summed E-state index contributed by atoms with van der Waals surface area (Å²) < 4.78 is 43.4. The lowest BCUT2D eigenvalue weighted by Gasteiger charge is -2.21. The first-order valence-corrected chi connectivity index (χ1v) is 8.92. The minimum Gasteiger partial charge on any atom is -0.344 e. The van der Waals surface area contributed by atoms with E-state index in [1.165, 1.54) is 12.1 Å². The molecule has 2 rings (SSSR count). The molecule has 0 radical (unpaired) electrons. The first-order chi connectivity index (χ1) is 12.6. The smallest absolute Gasteiger partial charge is 0.344 e. The largest absolute Gasteiger partial charge is 0.416 e. The average Bonchev–Trinajstić information content (AvgIpc) is 3.07. The molecule has 2 unspecified atom stereocenters. The number of carbonyl (C=O) groups is 1. The van der Waals surface area contributed by atoms with Crippen LogP contribution < -0.4 is 5.32 Å². The van der Waals surface area contributed by atoms with E-state index in [0.717, 1.165) is 18.6 Å². The molecule has 1 aromatic heterocycles. The average molecular weight is 383 g/mol. The molecule has 5 nitrogen and oxygen atoms in total. The fraction of sp³-hybridized carbons (Fsp3) is 0.526. The summed E-state index contributed by atoms with van der Waals surface area (Å²) in [4.78, 5) is 16.5. The minimum atomic E-state index is -4.40. The molecule has 1 heterocycles. The van der Waals surface area contributed by atoms with Gasteiger partial charge in [0, 0.05) is 12.0 Å². The van der Waals surface area contributed by atoms with E-state index >= 15 is 0 Å².